The number of nitrogens with zero attached hydrogens (tertiary/aromatic N) is 1. The fourth-order valence-corrected chi connectivity index (χ4v) is 3.90. The van der Waals surface area contributed by atoms with Crippen LogP contribution in [0, 0.1) is 0 Å². The van der Waals surface area contributed by atoms with E-state index in [0.717, 1.165) is 19.5 Å². The van der Waals surface area contributed by atoms with E-state index in [-0.39, 0.29) is 16.8 Å². The summed E-state index contributed by atoms with van der Waals surface area (Å²) in [5, 5.41) is 3.23. The summed E-state index contributed by atoms with van der Waals surface area (Å²) in [6.45, 7) is 1.69. The molecule has 1 saturated heterocycles. The zero-order valence-corrected chi connectivity index (χ0v) is 14.8. The maximum atomic E-state index is 12.5. The van der Waals surface area contributed by atoms with E-state index in [1.807, 2.05) is 6.07 Å². The molecule has 132 valence electrons. The number of rotatable bonds is 5. The number of anilines is 1. The van der Waals surface area contributed by atoms with Gasteiger partial charge in [0.05, 0.1) is 4.90 Å². The van der Waals surface area contributed by atoms with E-state index >= 15 is 0 Å². The van der Waals surface area contributed by atoms with Gasteiger partial charge < -0.3 is 10.2 Å². The monoisotopic (exact) mass is 359 g/mol. The molecule has 1 fully saturated rings. The van der Waals surface area contributed by atoms with Crippen molar-refractivity contribution in [1.29, 1.82) is 0 Å². The summed E-state index contributed by atoms with van der Waals surface area (Å²) < 4.78 is 27.3. The average Bonchev–Trinajstić information content (AvgIpc) is 3.16. The number of para-hydroxylation sites is 1. The lowest BCUT2D eigenvalue weighted by atomic mass is 10.1. The first kappa shape index (κ1) is 17.4. The third kappa shape index (κ3) is 4.00. The van der Waals surface area contributed by atoms with Gasteiger partial charge in [-0.15, -0.1) is 0 Å². The van der Waals surface area contributed by atoms with Crippen LogP contribution in [-0.2, 0) is 10.0 Å². The van der Waals surface area contributed by atoms with Crippen LogP contribution in [0.5, 0.6) is 0 Å². The first-order valence-electron chi connectivity index (χ1n) is 8.13. The predicted molar refractivity (Wildman–Crippen MR) is 97.1 cm³/mol. The Kier molecular flexibility index (Phi) is 5.06. The third-order valence-corrected chi connectivity index (χ3v) is 5.74. The first-order chi connectivity index (χ1) is 12.0. The van der Waals surface area contributed by atoms with Gasteiger partial charge >= 0.3 is 0 Å². The molecule has 3 rings (SSSR count). The van der Waals surface area contributed by atoms with Crippen LogP contribution in [0.2, 0.25) is 0 Å². The van der Waals surface area contributed by atoms with Crippen molar-refractivity contribution in [2.75, 3.05) is 24.9 Å². The van der Waals surface area contributed by atoms with Gasteiger partial charge in [-0.3, -0.25) is 9.52 Å². The molecular formula is C18H21N3O3S. The minimum absolute atomic E-state index is 0.103. The maximum absolute atomic E-state index is 12.5. The van der Waals surface area contributed by atoms with Crippen LogP contribution < -0.4 is 10.0 Å². The summed E-state index contributed by atoms with van der Waals surface area (Å²) in [7, 11) is -1.90. The van der Waals surface area contributed by atoms with Crippen LogP contribution in [0.3, 0.4) is 0 Å². The number of likely N-dealkylation sites (N-methyl/N-ethyl adjacent to an activating group) is 1. The second-order valence-corrected chi connectivity index (χ2v) is 7.74. The summed E-state index contributed by atoms with van der Waals surface area (Å²) in [6, 6.07) is 14.9. The van der Waals surface area contributed by atoms with Gasteiger partial charge in [-0.05, 0) is 49.4 Å². The predicted octanol–water partition coefficient (Wildman–Crippen LogP) is 1.92. The molecule has 1 heterocycles. The SMILES string of the molecule is CN(C(=O)c1ccc(S(=O)(=O)Nc2ccccc2)cc1)C1CCNC1. The van der Waals surface area contributed by atoms with Crippen molar-refractivity contribution in [3.05, 3.63) is 60.2 Å². The van der Waals surface area contributed by atoms with Crippen molar-refractivity contribution in [3.8, 4) is 0 Å². The number of amides is 1. The number of carbonyl (C=O) groups is 1. The van der Waals surface area contributed by atoms with Crippen molar-refractivity contribution >= 4 is 21.6 Å². The number of carbonyl (C=O) groups excluding carboxylic acids is 1. The summed E-state index contributed by atoms with van der Waals surface area (Å²) in [6.07, 6.45) is 0.926. The molecule has 7 heteroatoms. The van der Waals surface area contributed by atoms with Crippen LogP contribution in [0.1, 0.15) is 16.8 Å². The molecule has 2 aromatic rings. The highest BCUT2D eigenvalue weighted by molar-refractivity contribution is 7.92. The number of hydrogen-bond donors (Lipinski definition) is 2. The molecule has 2 aromatic carbocycles. The minimum atomic E-state index is -3.68. The summed E-state index contributed by atoms with van der Waals surface area (Å²) >= 11 is 0. The molecule has 0 aromatic heterocycles. The van der Waals surface area contributed by atoms with E-state index in [1.54, 1.807) is 48.3 Å². The van der Waals surface area contributed by atoms with E-state index in [9.17, 15) is 13.2 Å². The Morgan fingerprint density at radius 3 is 2.40 bits per heavy atom. The lowest BCUT2D eigenvalue weighted by Crippen LogP contribution is -2.38. The van der Waals surface area contributed by atoms with Crippen LogP contribution in [0.25, 0.3) is 0 Å². The van der Waals surface area contributed by atoms with Crippen molar-refractivity contribution < 1.29 is 13.2 Å². The van der Waals surface area contributed by atoms with Crippen LogP contribution in [0.15, 0.2) is 59.5 Å². The van der Waals surface area contributed by atoms with Gasteiger partial charge in [0, 0.05) is 30.9 Å². The van der Waals surface area contributed by atoms with E-state index in [4.69, 9.17) is 0 Å². The molecule has 2 N–H and O–H groups in total. The van der Waals surface area contributed by atoms with E-state index < -0.39 is 10.0 Å². The standard InChI is InChI=1S/C18H21N3O3S/c1-21(16-11-12-19-13-16)18(22)14-7-9-17(10-8-14)25(23,24)20-15-5-3-2-4-6-15/h2-10,16,19-20H,11-13H2,1H3. The van der Waals surface area contributed by atoms with Gasteiger partial charge in [-0.1, -0.05) is 18.2 Å². The highest BCUT2D eigenvalue weighted by Crippen LogP contribution is 2.18. The molecule has 6 nitrogen and oxygen atoms in total. The van der Waals surface area contributed by atoms with Crippen molar-refractivity contribution in [2.24, 2.45) is 0 Å². The minimum Gasteiger partial charge on any atom is -0.337 e. The van der Waals surface area contributed by atoms with E-state index in [0.29, 0.717) is 11.3 Å². The lowest BCUT2D eigenvalue weighted by Gasteiger charge is -2.23. The van der Waals surface area contributed by atoms with Gasteiger partial charge in [0.15, 0.2) is 0 Å². The number of nitrogens with one attached hydrogen (secondary N) is 2. The van der Waals surface area contributed by atoms with E-state index in [1.165, 1.54) is 12.1 Å². The van der Waals surface area contributed by atoms with Crippen LogP contribution in [0.4, 0.5) is 5.69 Å². The highest BCUT2D eigenvalue weighted by Gasteiger charge is 2.24. The normalized spacial score (nSPS) is 17.2. The highest BCUT2D eigenvalue weighted by atomic mass is 32.2. The van der Waals surface area contributed by atoms with Gasteiger partial charge in [-0.25, -0.2) is 8.42 Å². The van der Waals surface area contributed by atoms with Gasteiger partial charge in [-0.2, -0.15) is 0 Å². The van der Waals surface area contributed by atoms with Gasteiger partial charge in [0.25, 0.3) is 15.9 Å². The number of benzene rings is 2. The number of hydrogen-bond acceptors (Lipinski definition) is 4. The Morgan fingerprint density at radius 1 is 1.12 bits per heavy atom. The lowest BCUT2D eigenvalue weighted by molar-refractivity contribution is 0.0743. The molecular weight excluding hydrogens is 338 g/mol. The van der Waals surface area contributed by atoms with Crippen molar-refractivity contribution in [2.45, 2.75) is 17.4 Å². The molecule has 0 spiro atoms. The topological polar surface area (TPSA) is 78.5 Å². The first-order valence-corrected chi connectivity index (χ1v) is 9.61. The van der Waals surface area contributed by atoms with Gasteiger partial charge in [0.2, 0.25) is 0 Å². The molecule has 1 aliphatic heterocycles. The maximum Gasteiger partial charge on any atom is 0.261 e. The second kappa shape index (κ2) is 7.25. The molecule has 1 amide bonds. The molecule has 1 aliphatic rings. The molecule has 1 atom stereocenters. The third-order valence-electron chi connectivity index (χ3n) is 4.34. The number of sulfonamides is 1. The van der Waals surface area contributed by atoms with Gasteiger partial charge in [0.1, 0.15) is 0 Å². The molecule has 0 bridgehead atoms. The van der Waals surface area contributed by atoms with Crippen molar-refractivity contribution in [3.63, 3.8) is 0 Å². The Morgan fingerprint density at radius 2 is 1.80 bits per heavy atom. The molecule has 1 unspecified atom stereocenters. The Bertz CT molecular complexity index is 830. The average molecular weight is 359 g/mol. The summed E-state index contributed by atoms with van der Waals surface area (Å²) in [4.78, 5) is 14.4. The smallest absolute Gasteiger partial charge is 0.261 e. The Balaban J connectivity index is 1.74. The van der Waals surface area contributed by atoms with Crippen LogP contribution in [-0.4, -0.2) is 45.4 Å². The summed E-state index contributed by atoms with van der Waals surface area (Å²) in [5.41, 5.74) is 0.976. The fourth-order valence-electron chi connectivity index (χ4n) is 2.84. The second-order valence-electron chi connectivity index (χ2n) is 6.06. The summed E-state index contributed by atoms with van der Waals surface area (Å²) in [5.74, 6) is -0.103. The largest absolute Gasteiger partial charge is 0.337 e. The van der Waals surface area contributed by atoms with Crippen LogP contribution >= 0.6 is 0 Å². The Hall–Kier alpha value is -2.38. The molecule has 25 heavy (non-hydrogen) atoms. The quantitative estimate of drug-likeness (QED) is 0.855. The van der Waals surface area contributed by atoms with Crippen molar-refractivity contribution in [1.82, 2.24) is 10.2 Å². The zero-order chi connectivity index (χ0) is 17.9. The zero-order valence-electron chi connectivity index (χ0n) is 14.0. The fraction of sp³-hybridized carbons (Fsp3) is 0.278. The molecule has 0 saturated carbocycles. The molecule has 0 radical (unpaired) electrons. The Labute approximate surface area is 147 Å². The van der Waals surface area contributed by atoms with E-state index in [2.05, 4.69) is 10.0 Å². The molecule has 0 aliphatic carbocycles.